The fraction of sp³-hybridized carbons (Fsp3) is 0.231. The molecule has 1 N–H and O–H groups in total. The first-order valence-corrected chi connectivity index (χ1v) is 6.32. The molecule has 1 unspecified atom stereocenters. The van der Waals surface area contributed by atoms with E-state index in [0.717, 1.165) is 17.1 Å². The molecular formula is C13H15N7. The van der Waals surface area contributed by atoms with Crippen LogP contribution in [0.1, 0.15) is 18.7 Å². The van der Waals surface area contributed by atoms with E-state index in [1.165, 1.54) is 0 Å². The van der Waals surface area contributed by atoms with E-state index >= 15 is 0 Å². The van der Waals surface area contributed by atoms with E-state index < -0.39 is 0 Å². The fourth-order valence-electron chi connectivity index (χ4n) is 2.12. The summed E-state index contributed by atoms with van der Waals surface area (Å²) < 4.78 is 3.49. The molecule has 0 aliphatic rings. The predicted octanol–water partition coefficient (Wildman–Crippen LogP) is 1.57. The third kappa shape index (κ3) is 2.37. The van der Waals surface area contributed by atoms with Gasteiger partial charge in [0.25, 0.3) is 0 Å². The van der Waals surface area contributed by atoms with Gasteiger partial charge in [-0.1, -0.05) is 0 Å². The second kappa shape index (κ2) is 5.12. The minimum absolute atomic E-state index is 0.182. The summed E-state index contributed by atoms with van der Waals surface area (Å²) in [5.41, 5.74) is 3.10. The maximum atomic E-state index is 4.18. The molecule has 3 rings (SSSR count). The van der Waals surface area contributed by atoms with Crippen LogP contribution >= 0.6 is 0 Å². The largest absolute Gasteiger partial charge is 0.377 e. The van der Waals surface area contributed by atoms with Crippen LogP contribution in [0, 0.1) is 0 Å². The molecule has 0 amide bonds. The van der Waals surface area contributed by atoms with Gasteiger partial charge in [-0.25, -0.2) is 4.68 Å². The average Bonchev–Trinajstić information content (AvgIpc) is 3.10. The third-order valence-electron chi connectivity index (χ3n) is 3.17. The molecule has 20 heavy (non-hydrogen) atoms. The van der Waals surface area contributed by atoms with Gasteiger partial charge in [0.2, 0.25) is 0 Å². The number of anilines is 1. The highest BCUT2D eigenvalue weighted by molar-refractivity contribution is 5.49. The summed E-state index contributed by atoms with van der Waals surface area (Å²) in [5, 5.41) is 18.7. The van der Waals surface area contributed by atoms with Crippen LogP contribution in [0.5, 0.6) is 0 Å². The standard InChI is InChI=1S/C13H15N7/c1-10(13-7-8-15-19(13)2)16-11-3-5-12(6-4-11)20-9-14-17-18-20/h3-10,16H,1-2H3. The lowest BCUT2D eigenvalue weighted by Gasteiger charge is -2.15. The summed E-state index contributed by atoms with van der Waals surface area (Å²) in [6, 6.07) is 10.1. The molecule has 1 atom stereocenters. The van der Waals surface area contributed by atoms with E-state index in [1.807, 2.05) is 42.1 Å². The van der Waals surface area contributed by atoms with Crippen molar-refractivity contribution in [2.24, 2.45) is 7.05 Å². The van der Waals surface area contributed by atoms with Crippen molar-refractivity contribution in [1.82, 2.24) is 30.0 Å². The van der Waals surface area contributed by atoms with E-state index in [1.54, 1.807) is 17.2 Å². The lowest BCUT2D eigenvalue weighted by Crippen LogP contribution is -2.11. The van der Waals surface area contributed by atoms with Gasteiger partial charge in [-0.2, -0.15) is 5.10 Å². The van der Waals surface area contributed by atoms with Crippen LogP contribution < -0.4 is 5.32 Å². The lowest BCUT2D eigenvalue weighted by molar-refractivity contribution is 0.676. The summed E-state index contributed by atoms with van der Waals surface area (Å²) in [6.45, 7) is 2.10. The third-order valence-corrected chi connectivity index (χ3v) is 3.17. The van der Waals surface area contributed by atoms with E-state index in [4.69, 9.17) is 0 Å². The highest BCUT2D eigenvalue weighted by Gasteiger charge is 2.09. The monoisotopic (exact) mass is 269 g/mol. The molecule has 0 saturated carbocycles. The summed E-state index contributed by atoms with van der Waals surface area (Å²) in [7, 11) is 1.94. The topological polar surface area (TPSA) is 73.5 Å². The molecule has 0 radical (unpaired) electrons. The Morgan fingerprint density at radius 1 is 1.15 bits per heavy atom. The van der Waals surface area contributed by atoms with Crippen LogP contribution in [0.25, 0.3) is 5.69 Å². The number of nitrogens with zero attached hydrogens (tertiary/aromatic N) is 6. The van der Waals surface area contributed by atoms with Gasteiger partial charge in [-0.3, -0.25) is 4.68 Å². The van der Waals surface area contributed by atoms with E-state index in [-0.39, 0.29) is 6.04 Å². The van der Waals surface area contributed by atoms with Crippen LogP contribution in [-0.2, 0) is 7.05 Å². The molecule has 0 fully saturated rings. The molecule has 0 aliphatic carbocycles. The zero-order valence-electron chi connectivity index (χ0n) is 11.3. The number of benzene rings is 1. The average molecular weight is 269 g/mol. The second-order valence-electron chi connectivity index (χ2n) is 4.55. The van der Waals surface area contributed by atoms with E-state index in [9.17, 15) is 0 Å². The normalized spacial score (nSPS) is 12.3. The molecule has 0 bridgehead atoms. The number of tetrazole rings is 1. The molecule has 0 aliphatic heterocycles. The van der Waals surface area contributed by atoms with Crippen molar-refractivity contribution in [3.63, 3.8) is 0 Å². The highest BCUT2D eigenvalue weighted by Crippen LogP contribution is 2.19. The quantitative estimate of drug-likeness (QED) is 0.778. The van der Waals surface area contributed by atoms with Gasteiger partial charge in [0.05, 0.1) is 17.4 Å². The number of hydrogen-bond acceptors (Lipinski definition) is 5. The molecule has 0 spiro atoms. The van der Waals surface area contributed by atoms with E-state index in [2.05, 4.69) is 32.9 Å². The molecule has 2 aromatic heterocycles. The number of rotatable bonds is 4. The number of nitrogens with one attached hydrogen (secondary N) is 1. The van der Waals surface area contributed by atoms with Crippen molar-refractivity contribution in [2.75, 3.05) is 5.32 Å². The molecule has 3 aromatic rings. The molecule has 7 nitrogen and oxygen atoms in total. The molecular weight excluding hydrogens is 254 g/mol. The van der Waals surface area contributed by atoms with Gasteiger partial charge in [-0.15, -0.1) is 5.10 Å². The number of hydrogen-bond donors (Lipinski definition) is 1. The maximum Gasteiger partial charge on any atom is 0.143 e. The Morgan fingerprint density at radius 3 is 2.55 bits per heavy atom. The highest BCUT2D eigenvalue weighted by atomic mass is 15.5. The molecule has 1 aromatic carbocycles. The predicted molar refractivity (Wildman–Crippen MR) is 74.4 cm³/mol. The van der Waals surface area contributed by atoms with Crippen molar-refractivity contribution in [3.05, 3.63) is 48.5 Å². The first-order valence-electron chi connectivity index (χ1n) is 6.32. The Morgan fingerprint density at radius 2 is 1.95 bits per heavy atom. The van der Waals surface area contributed by atoms with Crippen molar-refractivity contribution in [1.29, 1.82) is 0 Å². The molecule has 7 heteroatoms. The maximum absolute atomic E-state index is 4.18. The Labute approximate surface area is 116 Å². The van der Waals surface area contributed by atoms with Gasteiger partial charge in [0.15, 0.2) is 0 Å². The minimum atomic E-state index is 0.182. The second-order valence-corrected chi connectivity index (χ2v) is 4.55. The van der Waals surface area contributed by atoms with Crippen molar-refractivity contribution < 1.29 is 0 Å². The number of aryl methyl sites for hydroxylation is 1. The van der Waals surface area contributed by atoms with Crippen LogP contribution in [0.15, 0.2) is 42.9 Å². The number of aromatic nitrogens is 6. The Bertz CT molecular complexity index is 669. The Hall–Kier alpha value is -2.70. The Balaban J connectivity index is 1.74. The fourth-order valence-corrected chi connectivity index (χ4v) is 2.12. The summed E-state index contributed by atoms with van der Waals surface area (Å²) in [6.07, 6.45) is 3.37. The van der Waals surface area contributed by atoms with Crippen LogP contribution in [0.4, 0.5) is 5.69 Å². The van der Waals surface area contributed by atoms with Gasteiger partial charge in [0, 0.05) is 18.9 Å². The zero-order valence-corrected chi connectivity index (χ0v) is 11.3. The first-order chi connectivity index (χ1) is 9.74. The van der Waals surface area contributed by atoms with Crippen LogP contribution in [0.3, 0.4) is 0 Å². The van der Waals surface area contributed by atoms with Crippen LogP contribution in [0.2, 0.25) is 0 Å². The smallest absolute Gasteiger partial charge is 0.143 e. The van der Waals surface area contributed by atoms with Gasteiger partial charge in [-0.05, 0) is 47.7 Å². The summed E-state index contributed by atoms with van der Waals surface area (Å²) in [5.74, 6) is 0. The van der Waals surface area contributed by atoms with Crippen molar-refractivity contribution >= 4 is 5.69 Å². The van der Waals surface area contributed by atoms with Gasteiger partial charge < -0.3 is 5.32 Å². The van der Waals surface area contributed by atoms with Gasteiger partial charge >= 0.3 is 0 Å². The molecule has 102 valence electrons. The SMILES string of the molecule is CC(Nc1ccc(-n2cnnn2)cc1)c1ccnn1C. The minimum Gasteiger partial charge on any atom is -0.377 e. The summed E-state index contributed by atoms with van der Waals surface area (Å²) in [4.78, 5) is 0. The van der Waals surface area contributed by atoms with Gasteiger partial charge in [0.1, 0.15) is 6.33 Å². The zero-order chi connectivity index (χ0) is 13.9. The van der Waals surface area contributed by atoms with E-state index in [0.29, 0.717) is 0 Å². The van der Waals surface area contributed by atoms with Crippen molar-refractivity contribution in [2.45, 2.75) is 13.0 Å². The first kappa shape index (κ1) is 12.3. The summed E-state index contributed by atoms with van der Waals surface area (Å²) >= 11 is 0. The molecule has 2 heterocycles. The lowest BCUT2D eigenvalue weighted by atomic mass is 10.2. The van der Waals surface area contributed by atoms with Crippen molar-refractivity contribution in [3.8, 4) is 5.69 Å². The Kier molecular flexibility index (Phi) is 3.16. The molecule has 0 saturated heterocycles. The van der Waals surface area contributed by atoms with Crippen LogP contribution in [-0.4, -0.2) is 30.0 Å².